The summed E-state index contributed by atoms with van der Waals surface area (Å²) in [5.41, 5.74) is 0.123. The van der Waals surface area contributed by atoms with Crippen molar-refractivity contribution in [1.82, 2.24) is 20.5 Å². The molecule has 0 atom stereocenters. The molecule has 4 aromatic rings. The molecule has 3 heterocycles. The molecule has 4 rings (SSSR count). The Kier molecular flexibility index (Phi) is 5.61. The molecule has 0 aliphatic rings. The second-order valence-electron chi connectivity index (χ2n) is 6.30. The number of hydrogen-bond donors (Lipinski definition) is 3. The van der Waals surface area contributed by atoms with Gasteiger partial charge in [-0.2, -0.15) is 0 Å². The standard InChI is InChI=1S/C21H18N6O3/c28-15-13-17(30-16-6-2-1-5-14(15)16)21(29)24-12-11-23-19-8-9-20(27-26-19)25-18-7-3-4-10-22-18/h1-10,13H,11-12H2,(H,23,26)(H,24,29)(H,22,25,27). The average Bonchev–Trinajstić information content (AvgIpc) is 2.78. The fraction of sp³-hybridized carbons (Fsp3) is 0.0952. The smallest absolute Gasteiger partial charge is 0.287 e. The minimum absolute atomic E-state index is 0.0246. The lowest BCUT2D eigenvalue weighted by molar-refractivity contribution is 0.0928. The summed E-state index contributed by atoms with van der Waals surface area (Å²) in [4.78, 5) is 28.5. The molecule has 0 spiro atoms. The Balaban J connectivity index is 1.28. The first-order valence-electron chi connectivity index (χ1n) is 9.26. The molecule has 0 saturated heterocycles. The molecule has 30 heavy (non-hydrogen) atoms. The highest BCUT2D eigenvalue weighted by atomic mass is 16.3. The Morgan fingerprint density at radius 3 is 2.50 bits per heavy atom. The molecule has 0 saturated carbocycles. The molecule has 0 unspecified atom stereocenters. The van der Waals surface area contributed by atoms with Crippen LogP contribution in [0.5, 0.6) is 0 Å². The van der Waals surface area contributed by atoms with E-state index in [0.717, 1.165) is 0 Å². The minimum Gasteiger partial charge on any atom is -0.451 e. The third-order valence-electron chi connectivity index (χ3n) is 4.16. The number of carbonyl (C=O) groups excluding carboxylic acids is 1. The number of hydrogen-bond acceptors (Lipinski definition) is 8. The number of amides is 1. The molecule has 1 amide bonds. The van der Waals surface area contributed by atoms with Gasteiger partial charge in [0.2, 0.25) is 0 Å². The van der Waals surface area contributed by atoms with Crippen molar-refractivity contribution in [2.45, 2.75) is 0 Å². The predicted molar refractivity (Wildman–Crippen MR) is 113 cm³/mol. The van der Waals surface area contributed by atoms with Gasteiger partial charge in [-0.15, -0.1) is 10.2 Å². The van der Waals surface area contributed by atoms with E-state index in [-0.39, 0.29) is 11.2 Å². The van der Waals surface area contributed by atoms with Crippen molar-refractivity contribution in [2.75, 3.05) is 23.7 Å². The predicted octanol–water partition coefficient (Wildman–Crippen LogP) is 2.56. The van der Waals surface area contributed by atoms with Crippen LogP contribution in [-0.2, 0) is 0 Å². The highest BCUT2D eigenvalue weighted by molar-refractivity contribution is 5.93. The number of fused-ring (bicyclic) bond motifs is 1. The van der Waals surface area contributed by atoms with Crippen molar-refractivity contribution < 1.29 is 9.21 Å². The normalized spacial score (nSPS) is 10.5. The van der Waals surface area contributed by atoms with Gasteiger partial charge in [0, 0.05) is 25.4 Å². The lowest BCUT2D eigenvalue weighted by atomic mass is 10.2. The van der Waals surface area contributed by atoms with E-state index in [2.05, 4.69) is 31.1 Å². The molecule has 9 heteroatoms. The molecule has 0 bridgehead atoms. The highest BCUT2D eigenvalue weighted by Gasteiger charge is 2.11. The van der Waals surface area contributed by atoms with E-state index < -0.39 is 5.91 Å². The third-order valence-corrected chi connectivity index (χ3v) is 4.16. The first-order valence-corrected chi connectivity index (χ1v) is 9.26. The van der Waals surface area contributed by atoms with Crippen LogP contribution in [0.15, 0.2) is 76.1 Å². The van der Waals surface area contributed by atoms with Crippen LogP contribution in [0.2, 0.25) is 0 Å². The minimum atomic E-state index is -0.458. The number of aromatic nitrogens is 3. The summed E-state index contributed by atoms with van der Waals surface area (Å²) < 4.78 is 5.51. The molecule has 9 nitrogen and oxygen atoms in total. The lowest BCUT2D eigenvalue weighted by Gasteiger charge is -2.08. The summed E-state index contributed by atoms with van der Waals surface area (Å²) in [6.07, 6.45) is 1.68. The summed E-state index contributed by atoms with van der Waals surface area (Å²) in [5, 5.41) is 17.4. The van der Waals surface area contributed by atoms with Gasteiger partial charge in [0.1, 0.15) is 17.2 Å². The molecule has 0 fully saturated rings. The maximum atomic E-state index is 12.3. The monoisotopic (exact) mass is 402 g/mol. The van der Waals surface area contributed by atoms with Crippen molar-refractivity contribution in [1.29, 1.82) is 0 Å². The van der Waals surface area contributed by atoms with Crippen LogP contribution in [0.4, 0.5) is 17.5 Å². The zero-order valence-corrected chi connectivity index (χ0v) is 15.8. The van der Waals surface area contributed by atoms with Crippen LogP contribution in [0.25, 0.3) is 11.0 Å². The van der Waals surface area contributed by atoms with E-state index in [1.54, 1.807) is 42.6 Å². The maximum Gasteiger partial charge on any atom is 0.287 e. The van der Waals surface area contributed by atoms with Crippen LogP contribution >= 0.6 is 0 Å². The zero-order chi connectivity index (χ0) is 20.8. The molecule has 150 valence electrons. The molecule has 1 aromatic carbocycles. The Labute approximate surface area is 171 Å². The second kappa shape index (κ2) is 8.82. The van der Waals surface area contributed by atoms with E-state index in [4.69, 9.17) is 4.42 Å². The van der Waals surface area contributed by atoms with Gasteiger partial charge in [-0.1, -0.05) is 18.2 Å². The van der Waals surface area contributed by atoms with Crippen LogP contribution < -0.4 is 21.4 Å². The van der Waals surface area contributed by atoms with Gasteiger partial charge in [-0.3, -0.25) is 9.59 Å². The summed E-state index contributed by atoms with van der Waals surface area (Å²) >= 11 is 0. The summed E-state index contributed by atoms with van der Waals surface area (Å²) in [5.74, 6) is 1.33. The zero-order valence-electron chi connectivity index (χ0n) is 15.8. The van der Waals surface area contributed by atoms with Crippen molar-refractivity contribution in [2.24, 2.45) is 0 Å². The number of nitrogens with one attached hydrogen (secondary N) is 3. The number of pyridine rings is 1. The van der Waals surface area contributed by atoms with E-state index in [1.165, 1.54) is 6.07 Å². The average molecular weight is 402 g/mol. The van der Waals surface area contributed by atoms with Crippen LogP contribution in [0.3, 0.4) is 0 Å². The van der Waals surface area contributed by atoms with E-state index in [0.29, 0.717) is 41.5 Å². The Morgan fingerprint density at radius 1 is 0.900 bits per heavy atom. The van der Waals surface area contributed by atoms with Crippen molar-refractivity contribution in [3.05, 3.63) is 82.8 Å². The number of anilines is 3. The number of rotatable bonds is 7. The van der Waals surface area contributed by atoms with Gasteiger partial charge >= 0.3 is 0 Å². The molecule has 3 N–H and O–H groups in total. The van der Waals surface area contributed by atoms with Crippen molar-refractivity contribution in [3.63, 3.8) is 0 Å². The van der Waals surface area contributed by atoms with Gasteiger partial charge < -0.3 is 20.4 Å². The van der Waals surface area contributed by atoms with E-state index >= 15 is 0 Å². The van der Waals surface area contributed by atoms with Gasteiger partial charge in [-0.05, 0) is 36.4 Å². The fourth-order valence-corrected chi connectivity index (χ4v) is 2.73. The summed E-state index contributed by atoms with van der Waals surface area (Å²) in [6, 6.07) is 17.1. The van der Waals surface area contributed by atoms with Gasteiger partial charge in [0.05, 0.1) is 5.39 Å². The molecule has 0 aliphatic carbocycles. The van der Waals surface area contributed by atoms with Gasteiger partial charge in [0.25, 0.3) is 5.91 Å². The first-order chi connectivity index (χ1) is 14.7. The second-order valence-corrected chi connectivity index (χ2v) is 6.30. The molecular weight excluding hydrogens is 384 g/mol. The van der Waals surface area contributed by atoms with Crippen molar-refractivity contribution in [3.8, 4) is 0 Å². The fourth-order valence-electron chi connectivity index (χ4n) is 2.73. The Hall–Kier alpha value is -4.27. The largest absolute Gasteiger partial charge is 0.451 e. The number of nitrogens with zero attached hydrogens (tertiary/aromatic N) is 3. The Bertz CT molecular complexity index is 1210. The summed E-state index contributed by atoms with van der Waals surface area (Å²) in [6.45, 7) is 0.732. The number of benzene rings is 1. The van der Waals surface area contributed by atoms with Crippen LogP contribution in [0, 0.1) is 0 Å². The highest BCUT2D eigenvalue weighted by Crippen LogP contribution is 2.12. The molecule has 0 radical (unpaired) electrons. The molecular formula is C21H18N6O3. The molecule has 0 aliphatic heterocycles. The number of para-hydroxylation sites is 1. The molecule has 3 aromatic heterocycles. The number of carbonyl (C=O) groups is 1. The maximum absolute atomic E-state index is 12.3. The first kappa shape index (κ1) is 19.1. The lowest BCUT2D eigenvalue weighted by Crippen LogP contribution is -2.29. The topological polar surface area (TPSA) is 122 Å². The van der Waals surface area contributed by atoms with E-state index in [9.17, 15) is 9.59 Å². The summed E-state index contributed by atoms with van der Waals surface area (Å²) in [7, 11) is 0. The van der Waals surface area contributed by atoms with Crippen LogP contribution in [0.1, 0.15) is 10.6 Å². The van der Waals surface area contributed by atoms with Crippen LogP contribution in [-0.4, -0.2) is 34.2 Å². The third kappa shape index (κ3) is 4.58. The Morgan fingerprint density at radius 2 is 1.70 bits per heavy atom. The SMILES string of the molecule is O=C(NCCNc1ccc(Nc2ccccn2)nn1)c1cc(=O)c2ccccc2o1. The van der Waals surface area contributed by atoms with Gasteiger partial charge in [0.15, 0.2) is 17.0 Å². The van der Waals surface area contributed by atoms with Gasteiger partial charge in [-0.25, -0.2) is 4.98 Å². The van der Waals surface area contributed by atoms with E-state index in [1.807, 2.05) is 18.2 Å². The van der Waals surface area contributed by atoms with Crippen molar-refractivity contribution >= 4 is 34.3 Å². The quantitative estimate of drug-likeness (QED) is 0.403.